The van der Waals surface area contributed by atoms with E-state index in [4.69, 9.17) is 11.6 Å². The molecule has 1 aliphatic heterocycles. The van der Waals surface area contributed by atoms with E-state index >= 15 is 0 Å². The number of imide groups is 1. The molecule has 3 aromatic rings. The van der Waals surface area contributed by atoms with Crippen LogP contribution in [0.2, 0.25) is 5.02 Å². The monoisotopic (exact) mass is 395 g/mol. The second kappa shape index (κ2) is 7.12. The second-order valence-corrected chi connectivity index (χ2v) is 6.35. The highest BCUT2D eigenvalue weighted by Gasteiger charge is 2.25. The van der Waals surface area contributed by atoms with E-state index in [0.29, 0.717) is 28.2 Å². The van der Waals surface area contributed by atoms with Gasteiger partial charge >= 0.3 is 0 Å². The Morgan fingerprint density at radius 3 is 2.54 bits per heavy atom. The summed E-state index contributed by atoms with van der Waals surface area (Å²) in [4.78, 5) is 33.3. The van der Waals surface area contributed by atoms with E-state index in [1.165, 1.54) is 18.3 Å². The van der Waals surface area contributed by atoms with E-state index in [9.17, 15) is 9.59 Å². The van der Waals surface area contributed by atoms with Crippen molar-refractivity contribution in [3.05, 3.63) is 60.0 Å². The highest BCUT2D eigenvalue weighted by molar-refractivity contribution is 6.33. The summed E-state index contributed by atoms with van der Waals surface area (Å²) < 4.78 is 1.65. The molecule has 0 fully saturated rings. The van der Waals surface area contributed by atoms with E-state index in [0.717, 1.165) is 10.6 Å². The van der Waals surface area contributed by atoms with Gasteiger partial charge in [0.1, 0.15) is 5.02 Å². The maximum absolute atomic E-state index is 11.9. The topological polar surface area (TPSA) is 105 Å². The van der Waals surface area contributed by atoms with Crippen molar-refractivity contribution in [3.8, 4) is 0 Å². The summed E-state index contributed by atoms with van der Waals surface area (Å²) >= 11 is 6.21. The van der Waals surface area contributed by atoms with Gasteiger partial charge in [-0.1, -0.05) is 17.7 Å². The van der Waals surface area contributed by atoms with E-state index in [1.54, 1.807) is 48.4 Å². The lowest BCUT2D eigenvalue weighted by molar-refractivity contribution is -0.119. The fourth-order valence-corrected chi connectivity index (χ4v) is 2.78. The molecule has 140 valence electrons. The molecule has 0 unspecified atom stereocenters. The van der Waals surface area contributed by atoms with Crippen LogP contribution in [0.15, 0.2) is 55.0 Å². The number of carbonyl (C=O) groups is 2. The van der Waals surface area contributed by atoms with E-state index in [-0.39, 0.29) is 11.8 Å². The van der Waals surface area contributed by atoms with Crippen molar-refractivity contribution in [2.75, 3.05) is 15.5 Å². The zero-order chi connectivity index (χ0) is 19.7. The molecule has 2 amide bonds. The van der Waals surface area contributed by atoms with Gasteiger partial charge in [-0.05, 0) is 18.2 Å². The Morgan fingerprint density at radius 2 is 1.82 bits per heavy atom. The molecule has 28 heavy (non-hydrogen) atoms. The summed E-state index contributed by atoms with van der Waals surface area (Å²) in [6, 6.07) is 6.83. The number of hydrogen-bond acceptors (Lipinski definition) is 7. The van der Waals surface area contributed by atoms with Crippen molar-refractivity contribution in [1.29, 1.82) is 0 Å². The molecule has 0 saturated heterocycles. The molecule has 1 aromatic carbocycles. The smallest absolute Gasteiger partial charge is 0.258 e. The van der Waals surface area contributed by atoms with E-state index in [1.807, 2.05) is 0 Å². The van der Waals surface area contributed by atoms with Crippen LogP contribution in [0.1, 0.15) is 0 Å². The Balaban J connectivity index is 1.57. The molecule has 4 rings (SSSR count). The van der Waals surface area contributed by atoms with Gasteiger partial charge < -0.3 is 10.6 Å². The van der Waals surface area contributed by atoms with Crippen LogP contribution in [0.25, 0.3) is 0 Å². The normalized spacial score (nSPS) is 13.3. The number of halogens is 1. The molecule has 2 N–H and O–H groups in total. The van der Waals surface area contributed by atoms with Gasteiger partial charge in [-0.15, -0.1) is 0 Å². The number of rotatable bonds is 5. The minimum atomic E-state index is -0.384. The third-order valence-electron chi connectivity index (χ3n) is 3.88. The second-order valence-electron chi connectivity index (χ2n) is 5.94. The molecule has 0 atom stereocenters. The van der Waals surface area contributed by atoms with Crippen molar-refractivity contribution < 1.29 is 9.59 Å². The number of aryl methyl sites for hydroxylation is 1. The van der Waals surface area contributed by atoms with Crippen LogP contribution in [0, 0.1) is 0 Å². The fraction of sp³-hybridized carbons (Fsp3) is 0.0556. The molecule has 9 nitrogen and oxygen atoms in total. The third kappa shape index (κ3) is 3.55. The molecule has 0 bridgehead atoms. The lowest BCUT2D eigenvalue weighted by atomic mass is 10.2. The highest BCUT2D eigenvalue weighted by Crippen LogP contribution is 2.28. The van der Waals surface area contributed by atoms with Crippen LogP contribution in [0.3, 0.4) is 0 Å². The van der Waals surface area contributed by atoms with Crippen molar-refractivity contribution in [2.24, 2.45) is 7.05 Å². The largest absolute Gasteiger partial charge is 0.339 e. The quantitative estimate of drug-likeness (QED) is 0.640. The first-order valence-electron chi connectivity index (χ1n) is 8.21. The van der Waals surface area contributed by atoms with Crippen molar-refractivity contribution >= 4 is 52.2 Å². The van der Waals surface area contributed by atoms with Gasteiger partial charge in [0, 0.05) is 31.1 Å². The Bertz CT molecular complexity index is 1090. The minimum Gasteiger partial charge on any atom is -0.339 e. The van der Waals surface area contributed by atoms with Gasteiger partial charge in [-0.25, -0.2) is 9.88 Å². The maximum Gasteiger partial charge on any atom is 0.258 e. The lowest BCUT2D eigenvalue weighted by Gasteiger charge is -2.15. The van der Waals surface area contributed by atoms with Crippen LogP contribution in [-0.2, 0) is 16.6 Å². The van der Waals surface area contributed by atoms with E-state index in [2.05, 4.69) is 25.7 Å². The van der Waals surface area contributed by atoms with Crippen molar-refractivity contribution in [1.82, 2.24) is 19.7 Å². The molecule has 10 heteroatoms. The molecule has 0 aliphatic carbocycles. The number of nitrogens with one attached hydrogen (secondary N) is 2. The van der Waals surface area contributed by atoms with Crippen LogP contribution < -0.4 is 15.5 Å². The Kier molecular flexibility index (Phi) is 4.50. The van der Waals surface area contributed by atoms with Crippen LogP contribution in [-0.4, -0.2) is 31.6 Å². The Morgan fingerprint density at radius 1 is 1.04 bits per heavy atom. The van der Waals surface area contributed by atoms with Crippen molar-refractivity contribution in [2.45, 2.75) is 0 Å². The average molecular weight is 396 g/mol. The number of nitrogens with zero attached hydrogens (tertiary/aromatic N) is 5. The average Bonchev–Trinajstić information content (AvgIpc) is 3.23. The number of hydrogen-bond donors (Lipinski definition) is 2. The number of carbonyl (C=O) groups excluding carboxylic acids is 2. The van der Waals surface area contributed by atoms with Gasteiger partial charge in [0.2, 0.25) is 5.95 Å². The summed E-state index contributed by atoms with van der Waals surface area (Å²) in [5.74, 6) is -0.0575. The van der Waals surface area contributed by atoms with Gasteiger partial charge in [-0.3, -0.25) is 14.3 Å². The number of benzene rings is 1. The van der Waals surface area contributed by atoms with Crippen molar-refractivity contribution in [3.63, 3.8) is 0 Å². The van der Waals surface area contributed by atoms with Crippen LogP contribution in [0.5, 0.6) is 0 Å². The molecule has 0 saturated carbocycles. The third-order valence-corrected chi connectivity index (χ3v) is 4.16. The minimum absolute atomic E-state index is 0.317. The fourth-order valence-electron chi connectivity index (χ4n) is 2.64. The standard InChI is InChI=1S/C18H14ClN7O2/c1-25-10-12(8-21-25)23-18-20-9-14(19)17(24-18)22-11-3-2-4-13(7-11)26-15(27)5-6-16(26)28/h2-10H,1H3,(H2,20,22,23,24). The molecule has 1 aliphatic rings. The number of aromatic nitrogens is 4. The molecular weight excluding hydrogens is 382 g/mol. The number of amides is 2. The van der Waals surface area contributed by atoms with Crippen LogP contribution in [0.4, 0.5) is 28.8 Å². The first kappa shape index (κ1) is 17.7. The summed E-state index contributed by atoms with van der Waals surface area (Å²) in [6.07, 6.45) is 7.37. The molecule has 0 radical (unpaired) electrons. The summed E-state index contributed by atoms with van der Waals surface area (Å²) in [7, 11) is 1.80. The Labute approximate surface area is 164 Å². The molecule has 3 heterocycles. The summed E-state index contributed by atoms with van der Waals surface area (Å²) in [6.45, 7) is 0. The summed E-state index contributed by atoms with van der Waals surface area (Å²) in [5.41, 5.74) is 1.79. The predicted molar refractivity (Wildman–Crippen MR) is 105 cm³/mol. The van der Waals surface area contributed by atoms with E-state index < -0.39 is 0 Å². The molecular formula is C18H14ClN7O2. The number of anilines is 5. The molecule has 0 spiro atoms. The highest BCUT2D eigenvalue weighted by atomic mass is 35.5. The lowest BCUT2D eigenvalue weighted by Crippen LogP contribution is -2.29. The van der Waals surface area contributed by atoms with Gasteiger partial charge in [0.25, 0.3) is 11.8 Å². The Hall–Kier alpha value is -3.72. The maximum atomic E-state index is 11.9. The zero-order valence-corrected chi connectivity index (χ0v) is 15.4. The predicted octanol–water partition coefficient (Wildman–Crippen LogP) is 2.78. The summed E-state index contributed by atoms with van der Waals surface area (Å²) in [5, 5.41) is 10.5. The van der Waals surface area contributed by atoms with Gasteiger partial charge in [0.15, 0.2) is 5.82 Å². The van der Waals surface area contributed by atoms with Gasteiger partial charge in [0.05, 0.1) is 23.8 Å². The molecule has 2 aromatic heterocycles. The first-order valence-corrected chi connectivity index (χ1v) is 8.59. The first-order chi connectivity index (χ1) is 13.5. The van der Waals surface area contributed by atoms with Crippen LogP contribution >= 0.6 is 11.6 Å². The zero-order valence-electron chi connectivity index (χ0n) is 14.6. The van der Waals surface area contributed by atoms with Gasteiger partial charge in [-0.2, -0.15) is 10.1 Å². The SMILES string of the molecule is Cn1cc(Nc2ncc(Cl)c(Nc3cccc(N4C(=O)C=CC4=O)c3)n2)cn1.